The van der Waals surface area contributed by atoms with E-state index in [1.54, 1.807) is 27.7 Å². The lowest BCUT2D eigenvalue weighted by atomic mass is 9.95. The number of aromatic nitrogens is 2. The lowest BCUT2D eigenvalue weighted by Crippen LogP contribution is -2.46. The molecule has 0 bridgehead atoms. The molecule has 3 N–H and O–H groups in total. The number of imide groups is 1. The fraction of sp³-hybridized carbons (Fsp3) is 0.522. The normalized spacial score (nSPS) is 15.9. The van der Waals surface area contributed by atoms with Gasteiger partial charge < -0.3 is 15.6 Å². The van der Waals surface area contributed by atoms with E-state index in [2.05, 4.69) is 20.6 Å². The molecular formula is C23H31N5O6. The van der Waals surface area contributed by atoms with Crippen LogP contribution in [0.1, 0.15) is 46.2 Å². The third-order valence-corrected chi connectivity index (χ3v) is 5.48. The van der Waals surface area contributed by atoms with Crippen molar-refractivity contribution in [2.45, 2.75) is 59.0 Å². The number of carbonyl (C=O) groups is 6. The fourth-order valence-electron chi connectivity index (χ4n) is 3.46. The highest BCUT2D eigenvalue weighted by Crippen LogP contribution is 2.11. The van der Waals surface area contributed by atoms with Crippen molar-refractivity contribution >= 4 is 35.2 Å². The molecule has 3 atom stereocenters. The van der Waals surface area contributed by atoms with Gasteiger partial charge >= 0.3 is 0 Å². The fourth-order valence-corrected chi connectivity index (χ4v) is 3.46. The van der Waals surface area contributed by atoms with Crippen molar-refractivity contribution in [1.82, 2.24) is 25.5 Å². The van der Waals surface area contributed by atoms with Crippen molar-refractivity contribution < 1.29 is 28.8 Å². The quantitative estimate of drug-likeness (QED) is 0.342. The molecule has 0 saturated carbocycles. The van der Waals surface area contributed by atoms with Crippen LogP contribution in [0.25, 0.3) is 0 Å². The van der Waals surface area contributed by atoms with Gasteiger partial charge in [0.2, 0.25) is 11.8 Å². The predicted octanol–water partition coefficient (Wildman–Crippen LogP) is 0.0772. The van der Waals surface area contributed by atoms with Crippen LogP contribution in [0.4, 0.5) is 0 Å². The second-order valence-electron chi connectivity index (χ2n) is 8.67. The summed E-state index contributed by atoms with van der Waals surface area (Å²) in [6.07, 6.45) is 5.04. The van der Waals surface area contributed by atoms with Gasteiger partial charge in [-0.3, -0.25) is 33.7 Å². The number of Topliss-reactive ketones (excluding diaryl/α,β-unsaturated/α-hetero) is 2. The van der Waals surface area contributed by atoms with Crippen LogP contribution in [0, 0.1) is 11.8 Å². The standard InChI is InChI=1S/C23H31N5O6/c1-13(2)22(33)15(4)26-23(34)14(3)9-18(29)17(10-16-11-24-12-25-16)27-19(30)7-8-28-20(31)5-6-21(28)32/h5-6,11-15,17H,7-10H2,1-4H3,(H,24,25)(H,26,34)(H,27,30)/t14-,15+,17+/m1/s1. The number of aromatic amines is 1. The second-order valence-corrected chi connectivity index (χ2v) is 8.67. The molecule has 0 saturated heterocycles. The molecule has 0 radical (unpaired) electrons. The Morgan fingerprint density at radius 3 is 2.24 bits per heavy atom. The van der Waals surface area contributed by atoms with Crippen LogP contribution in [-0.4, -0.2) is 68.7 Å². The zero-order valence-corrected chi connectivity index (χ0v) is 19.8. The topological polar surface area (TPSA) is 158 Å². The molecule has 11 heteroatoms. The summed E-state index contributed by atoms with van der Waals surface area (Å²) in [6, 6.07) is -1.61. The molecule has 0 unspecified atom stereocenters. The molecule has 0 aromatic carbocycles. The number of hydrogen-bond acceptors (Lipinski definition) is 7. The minimum absolute atomic E-state index is 0.109. The Labute approximate surface area is 197 Å². The Kier molecular flexibility index (Phi) is 9.40. The number of amides is 4. The van der Waals surface area contributed by atoms with Crippen molar-refractivity contribution in [3.05, 3.63) is 30.4 Å². The summed E-state index contributed by atoms with van der Waals surface area (Å²) >= 11 is 0. The molecule has 1 aliphatic heterocycles. The number of nitrogens with one attached hydrogen (secondary N) is 3. The zero-order valence-electron chi connectivity index (χ0n) is 19.8. The molecule has 1 aromatic heterocycles. The number of H-pyrrole nitrogens is 1. The third kappa shape index (κ3) is 7.46. The smallest absolute Gasteiger partial charge is 0.253 e. The first kappa shape index (κ1) is 26.6. The van der Waals surface area contributed by atoms with E-state index in [9.17, 15) is 28.8 Å². The second kappa shape index (κ2) is 12.0. The van der Waals surface area contributed by atoms with Gasteiger partial charge in [-0.15, -0.1) is 0 Å². The van der Waals surface area contributed by atoms with Gasteiger partial charge in [0.1, 0.15) is 0 Å². The highest BCUT2D eigenvalue weighted by atomic mass is 16.2. The molecule has 0 aliphatic carbocycles. The molecule has 0 spiro atoms. The Bertz CT molecular complexity index is 951. The van der Waals surface area contributed by atoms with Crippen molar-refractivity contribution in [3.8, 4) is 0 Å². The van der Waals surface area contributed by atoms with Crippen LogP contribution >= 0.6 is 0 Å². The third-order valence-electron chi connectivity index (χ3n) is 5.48. The molecular weight excluding hydrogens is 442 g/mol. The summed E-state index contributed by atoms with van der Waals surface area (Å²) in [4.78, 5) is 81.0. The number of carbonyl (C=O) groups excluding carboxylic acids is 6. The first-order valence-corrected chi connectivity index (χ1v) is 11.2. The zero-order chi connectivity index (χ0) is 25.4. The highest BCUT2D eigenvalue weighted by molar-refractivity contribution is 6.13. The van der Waals surface area contributed by atoms with Crippen molar-refractivity contribution in [2.24, 2.45) is 11.8 Å². The summed E-state index contributed by atoms with van der Waals surface area (Å²) in [5.74, 6) is -3.37. The Morgan fingerprint density at radius 2 is 1.68 bits per heavy atom. The molecule has 2 rings (SSSR count). The van der Waals surface area contributed by atoms with E-state index in [-0.39, 0.29) is 43.3 Å². The van der Waals surface area contributed by atoms with E-state index in [1.165, 1.54) is 12.5 Å². The molecule has 1 aromatic rings. The Morgan fingerprint density at radius 1 is 1.03 bits per heavy atom. The molecule has 4 amide bonds. The van der Waals surface area contributed by atoms with Crippen LogP contribution in [0.15, 0.2) is 24.7 Å². The van der Waals surface area contributed by atoms with Crippen LogP contribution in [0.3, 0.4) is 0 Å². The van der Waals surface area contributed by atoms with E-state index < -0.39 is 41.6 Å². The average Bonchev–Trinajstić information content (AvgIpc) is 3.40. The number of rotatable bonds is 13. The Balaban J connectivity index is 1.97. The van der Waals surface area contributed by atoms with Gasteiger partial charge in [0, 0.05) is 61.7 Å². The summed E-state index contributed by atoms with van der Waals surface area (Å²) in [5.41, 5.74) is 0.612. The van der Waals surface area contributed by atoms with E-state index in [4.69, 9.17) is 0 Å². The van der Waals surface area contributed by atoms with Gasteiger partial charge in [-0.2, -0.15) is 0 Å². The maximum absolute atomic E-state index is 13.0. The van der Waals surface area contributed by atoms with E-state index >= 15 is 0 Å². The number of hydrogen-bond donors (Lipinski definition) is 3. The van der Waals surface area contributed by atoms with E-state index in [0.29, 0.717) is 5.69 Å². The highest BCUT2D eigenvalue weighted by Gasteiger charge is 2.29. The molecule has 184 valence electrons. The molecule has 0 fully saturated rings. The maximum atomic E-state index is 13.0. The maximum Gasteiger partial charge on any atom is 0.253 e. The summed E-state index contributed by atoms with van der Waals surface area (Å²) < 4.78 is 0. The van der Waals surface area contributed by atoms with Crippen molar-refractivity contribution in [3.63, 3.8) is 0 Å². The molecule has 34 heavy (non-hydrogen) atoms. The summed E-state index contributed by atoms with van der Waals surface area (Å²) in [7, 11) is 0. The van der Waals surface area contributed by atoms with E-state index in [0.717, 1.165) is 17.1 Å². The van der Waals surface area contributed by atoms with Crippen molar-refractivity contribution in [2.75, 3.05) is 6.54 Å². The molecule has 1 aliphatic rings. The first-order chi connectivity index (χ1) is 16.0. The lowest BCUT2D eigenvalue weighted by Gasteiger charge is -2.21. The summed E-state index contributed by atoms with van der Waals surface area (Å²) in [6.45, 7) is 6.55. The molecule has 11 nitrogen and oxygen atoms in total. The predicted molar refractivity (Wildman–Crippen MR) is 121 cm³/mol. The minimum atomic E-state index is -0.943. The van der Waals surface area contributed by atoms with Crippen LogP contribution in [0.5, 0.6) is 0 Å². The molecule has 2 heterocycles. The summed E-state index contributed by atoms with van der Waals surface area (Å²) in [5, 5.41) is 5.27. The minimum Gasteiger partial charge on any atom is -0.348 e. The van der Waals surface area contributed by atoms with E-state index in [1.807, 2.05) is 0 Å². The lowest BCUT2D eigenvalue weighted by molar-refractivity contribution is -0.137. The van der Waals surface area contributed by atoms with Gasteiger partial charge in [0.15, 0.2) is 11.6 Å². The van der Waals surface area contributed by atoms with Crippen LogP contribution in [-0.2, 0) is 35.2 Å². The van der Waals surface area contributed by atoms with Gasteiger partial charge in [-0.1, -0.05) is 20.8 Å². The average molecular weight is 474 g/mol. The monoisotopic (exact) mass is 473 g/mol. The SMILES string of the molecule is CC(C)C(=O)[C@H](C)NC(=O)[C@H](C)CC(=O)[C@H](Cc1cnc[nH]1)NC(=O)CCN1C(=O)C=CC1=O. The van der Waals surface area contributed by atoms with Crippen LogP contribution in [0.2, 0.25) is 0 Å². The van der Waals surface area contributed by atoms with Gasteiger partial charge in [0.25, 0.3) is 11.8 Å². The number of imidazole rings is 1. The van der Waals surface area contributed by atoms with Crippen LogP contribution < -0.4 is 10.6 Å². The Hall–Kier alpha value is -3.63. The number of ketones is 2. The van der Waals surface area contributed by atoms with Gasteiger partial charge in [0.05, 0.1) is 18.4 Å². The van der Waals surface area contributed by atoms with Gasteiger partial charge in [-0.05, 0) is 6.92 Å². The number of nitrogens with zero attached hydrogens (tertiary/aromatic N) is 2. The first-order valence-electron chi connectivity index (χ1n) is 11.2. The largest absolute Gasteiger partial charge is 0.348 e. The van der Waals surface area contributed by atoms with Gasteiger partial charge in [-0.25, -0.2) is 4.98 Å². The van der Waals surface area contributed by atoms with Crippen molar-refractivity contribution in [1.29, 1.82) is 0 Å².